The quantitative estimate of drug-likeness (QED) is 0.845. The van der Waals surface area contributed by atoms with E-state index in [1.807, 2.05) is 20.2 Å². The molecule has 0 atom stereocenters. The van der Waals surface area contributed by atoms with Crippen molar-refractivity contribution in [3.05, 3.63) is 35.1 Å². The summed E-state index contributed by atoms with van der Waals surface area (Å²) in [6, 6.07) is 2.60. The summed E-state index contributed by atoms with van der Waals surface area (Å²) < 4.78 is 2.27. The fraction of sp³-hybridized carbons (Fsp3) is 0.429. The molecule has 3 heteroatoms. The first-order chi connectivity index (χ1) is 8.02. The third kappa shape index (κ3) is 2.73. The molecule has 0 bridgehead atoms. The molecule has 0 spiro atoms. The molecule has 0 fully saturated rings. The standard InChI is InChI=1S/C14H23N3/c1-6-13-12(8-10-17(13)11(2)3)14(7-9-15)16(4)5/h6-11H,15H2,1-5H3/b9-7-,13-6+,14-12+. The molecule has 0 saturated carbocycles. The zero-order valence-corrected chi connectivity index (χ0v) is 11.4. The van der Waals surface area contributed by atoms with Gasteiger partial charge in [0.15, 0.2) is 0 Å². The Balaban J connectivity index is 3.65. The van der Waals surface area contributed by atoms with Crippen LogP contribution in [0, 0.1) is 0 Å². The first-order valence-electron chi connectivity index (χ1n) is 5.96. The highest BCUT2D eigenvalue weighted by Crippen LogP contribution is 2.01. The number of nitrogens with two attached hydrogens (primary N) is 1. The Hall–Kier alpha value is -1.64. The fourth-order valence-corrected chi connectivity index (χ4v) is 2.00. The van der Waals surface area contributed by atoms with Crippen molar-refractivity contribution in [2.24, 2.45) is 5.73 Å². The molecule has 3 nitrogen and oxygen atoms in total. The van der Waals surface area contributed by atoms with Crippen LogP contribution >= 0.6 is 0 Å². The minimum absolute atomic E-state index is 0.459. The lowest BCUT2D eigenvalue weighted by molar-refractivity contribution is 0.579. The summed E-state index contributed by atoms with van der Waals surface area (Å²) in [5, 5.41) is 2.45. The molecular formula is C14H23N3. The van der Waals surface area contributed by atoms with Crippen molar-refractivity contribution in [2.45, 2.75) is 26.8 Å². The number of nitrogens with zero attached hydrogens (tertiary/aromatic N) is 2. The number of likely N-dealkylation sites (N-methyl/N-ethyl adjacent to an activating group) is 1. The molecule has 2 N–H and O–H groups in total. The molecule has 0 aliphatic carbocycles. The van der Waals surface area contributed by atoms with Gasteiger partial charge in [0.05, 0.1) is 0 Å². The van der Waals surface area contributed by atoms with Crippen molar-refractivity contribution in [1.82, 2.24) is 9.47 Å². The van der Waals surface area contributed by atoms with Gasteiger partial charge in [0.1, 0.15) is 0 Å². The van der Waals surface area contributed by atoms with Crippen molar-refractivity contribution in [3.8, 4) is 0 Å². The monoisotopic (exact) mass is 233 g/mol. The normalized spacial score (nSPS) is 14.8. The van der Waals surface area contributed by atoms with Gasteiger partial charge in [-0.2, -0.15) is 0 Å². The number of hydrogen-bond acceptors (Lipinski definition) is 2. The zero-order valence-electron chi connectivity index (χ0n) is 11.4. The summed E-state index contributed by atoms with van der Waals surface area (Å²) in [5.41, 5.74) is 6.64. The largest absolute Gasteiger partial charge is 0.405 e. The Kier molecular flexibility index (Phi) is 4.44. The van der Waals surface area contributed by atoms with E-state index in [1.165, 1.54) is 10.6 Å². The number of hydrogen-bond donors (Lipinski definition) is 1. The van der Waals surface area contributed by atoms with E-state index < -0.39 is 0 Å². The fourth-order valence-electron chi connectivity index (χ4n) is 2.00. The highest BCUT2D eigenvalue weighted by atomic mass is 15.1. The molecule has 0 aromatic carbocycles. The smallest absolute Gasteiger partial charge is 0.0470 e. The topological polar surface area (TPSA) is 34.2 Å². The Morgan fingerprint density at radius 2 is 2.06 bits per heavy atom. The van der Waals surface area contributed by atoms with Crippen molar-refractivity contribution in [3.63, 3.8) is 0 Å². The highest BCUT2D eigenvalue weighted by molar-refractivity contribution is 5.54. The lowest BCUT2D eigenvalue weighted by Crippen LogP contribution is -2.34. The Labute approximate surface area is 104 Å². The minimum Gasteiger partial charge on any atom is -0.405 e. The van der Waals surface area contributed by atoms with Crippen molar-refractivity contribution in [1.29, 1.82) is 0 Å². The van der Waals surface area contributed by atoms with Crippen LogP contribution in [0.4, 0.5) is 0 Å². The summed E-state index contributed by atoms with van der Waals surface area (Å²) in [4.78, 5) is 2.08. The predicted octanol–water partition coefficient (Wildman–Crippen LogP) is 1.01. The zero-order chi connectivity index (χ0) is 13.0. The average Bonchev–Trinajstić information content (AvgIpc) is 2.68. The van der Waals surface area contributed by atoms with Crippen LogP contribution in [0.25, 0.3) is 11.8 Å². The highest BCUT2D eigenvalue weighted by Gasteiger charge is 2.04. The molecule has 0 radical (unpaired) electrons. The lowest BCUT2D eigenvalue weighted by Gasteiger charge is -2.13. The molecule has 1 aromatic heterocycles. The lowest BCUT2D eigenvalue weighted by atomic mass is 10.2. The summed E-state index contributed by atoms with van der Waals surface area (Å²) >= 11 is 0. The van der Waals surface area contributed by atoms with E-state index in [9.17, 15) is 0 Å². The van der Waals surface area contributed by atoms with Crippen LogP contribution in [0.2, 0.25) is 0 Å². The van der Waals surface area contributed by atoms with E-state index in [0.717, 1.165) is 5.70 Å². The second kappa shape index (κ2) is 5.62. The van der Waals surface area contributed by atoms with Gasteiger partial charge in [-0.25, -0.2) is 0 Å². The SMILES string of the molecule is C\C=c1/c(=C(\C=C/N)N(C)C)ccn1C(C)C. The maximum absolute atomic E-state index is 5.52. The Bertz CT molecular complexity index is 504. The van der Waals surface area contributed by atoms with Crippen LogP contribution in [0.15, 0.2) is 24.5 Å². The van der Waals surface area contributed by atoms with Gasteiger partial charge in [-0.15, -0.1) is 0 Å². The first-order valence-corrected chi connectivity index (χ1v) is 5.96. The van der Waals surface area contributed by atoms with Gasteiger partial charge >= 0.3 is 0 Å². The van der Waals surface area contributed by atoms with Crippen molar-refractivity contribution < 1.29 is 0 Å². The minimum atomic E-state index is 0.459. The van der Waals surface area contributed by atoms with E-state index in [2.05, 4.69) is 48.6 Å². The van der Waals surface area contributed by atoms with Gasteiger partial charge in [0.25, 0.3) is 0 Å². The molecule has 94 valence electrons. The maximum atomic E-state index is 5.52. The van der Waals surface area contributed by atoms with E-state index in [0.29, 0.717) is 6.04 Å². The second-order valence-electron chi connectivity index (χ2n) is 4.54. The summed E-state index contributed by atoms with van der Waals surface area (Å²) in [5.74, 6) is 0. The molecule has 1 heterocycles. The summed E-state index contributed by atoms with van der Waals surface area (Å²) in [7, 11) is 4.06. The van der Waals surface area contributed by atoms with Crippen LogP contribution in [0.5, 0.6) is 0 Å². The maximum Gasteiger partial charge on any atom is 0.0470 e. The van der Waals surface area contributed by atoms with E-state index in [-0.39, 0.29) is 0 Å². The summed E-state index contributed by atoms with van der Waals surface area (Å²) in [6.07, 6.45) is 7.79. The average molecular weight is 233 g/mol. The molecule has 17 heavy (non-hydrogen) atoms. The molecule has 1 rings (SSSR count). The van der Waals surface area contributed by atoms with Crippen molar-refractivity contribution in [2.75, 3.05) is 14.1 Å². The molecule has 0 amide bonds. The molecular weight excluding hydrogens is 210 g/mol. The van der Waals surface area contributed by atoms with Gasteiger partial charge in [-0.1, -0.05) is 6.08 Å². The third-order valence-corrected chi connectivity index (χ3v) is 2.80. The van der Waals surface area contributed by atoms with E-state index in [4.69, 9.17) is 5.73 Å². The molecule has 0 saturated heterocycles. The predicted molar refractivity (Wildman–Crippen MR) is 74.6 cm³/mol. The molecule has 0 unspecified atom stereocenters. The second-order valence-corrected chi connectivity index (χ2v) is 4.54. The van der Waals surface area contributed by atoms with E-state index >= 15 is 0 Å². The van der Waals surface area contributed by atoms with Crippen LogP contribution in [-0.4, -0.2) is 23.6 Å². The number of rotatable bonds is 3. The Morgan fingerprint density at radius 3 is 2.47 bits per heavy atom. The third-order valence-electron chi connectivity index (χ3n) is 2.80. The number of aromatic nitrogens is 1. The Morgan fingerprint density at radius 1 is 1.41 bits per heavy atom. The van der Waals surface area contributed by atoms with Crippen LogP contribution in [0.3, 0.4) is 0 Å². The van der Waals surface area contributed by atoms with Crippen LogP contribution in [0.1, 0.15) is 26.8 Å². The van der Waals surface area contributed by atoms with Crippen molar-refractivity contribution >= 4 is 11.8 Å². The van der Waals surface area contributed by atoms with Gasteiger partial charge in [-0.3, -0.25) is 0 Å². The molecule has 1 aromatic rings. The van der Waals surface area contributed by atoms with Gasteiger partial charge < -0.3 is 15.2 Å². The van der Waals surface area contributed by atoms with Gasteiger partial charge in [-0.05, 0) is 39.1 Å². The van der Waals surface area contributed by atoms with E-state index in [1.54, 1.807) is 6.20 Å². The van der Waals surface area contributed by atoms with Gasteiger partial charge in [0, 0.05) is 42.6 Å². The van der Waals surface area contributed by atoms with Gasteiger partial charge in [0.2, 0.25) is 0 Å². The summed E-state index contributed by atoms with van der Waals surface area (Å²) in [6.45, 7) is 6.44. The molecule has 0 aliphatic heterocycles. The first kappa shape index (κ1) is 13.4. The van der Waals surface area contributed by atoms with Crippen LogP contribution in [-0.2, 0) is 0 Å². The van der Waals surface area contributed by atoms with Crippen LogP contribution < -0.4 is 16.3 Å². The molecule has 0 aliphatic rings.